The van der Waals surface area contributed by atoms with Gasteiger partial charge in [0.1, 0.15) is 17.3 Å². The molecule has 0 aliphatic heterocycles. The minimum Gasteiger partial charge on any atom is -0.459 e. The molecule has 1 unspecified atom stereocenters. The molecule has 0 aliphatic carbocycles. The molecule has 0 saturated carbocycles. The van der Waals surface area contributed by atoms with E-state index in [2.05, 4.69) is 28.2 Å². The molecular formula is C15H17BrFNO. The van der Waals surface area contributed by atoms with E-state index in [0.717, 1.165) is 23.2 Å². The maximum absolute atomic E-state index is 13.8. The van der Waals surface area contributed by atoms with Crippen LogP contribution >= 0.6 is 15.9 Å². The van der Waals surface area contributed by atoms with Crippen molar-refractivity contribution < 1.29 is 8.81 Å². The van der Waals surface area contributed by atoms with Crippen LogP contribution in [0.3, 0.4) is 0 Å². The van der Waals surface area contributed by atoms with Gasteiger partial charge in [-0.15, -0.1) is 0 Å². The molecule has 1 heterocycles. The molecule has 2 nitrogen and oxygen atoms in total. The summed E-state index contributed by atoms with van der Waals surface area (Å²) in [6, 6.07) is 8.66. The zero-order chi connectivity index (χ0) is 13.8. The van der Waals surface area contributed by atoms with Gasteiger partial charge in [0.25, 0.3) is 0 Å². The van der Waals surface area contributed by atoms with Gasteiger partial charge in [-0.2, -0.15) is 0 Å². The summed E-state index contributed by atoms with van der Waals surface area (Å²) in [6.45, 7) is 5.09. The van der Waals surface area contributed by atoms with Crippen LogP contribution < -0.4 is 5.32 Å². The van der Waals surface area contributed by atoms with Gasteiger partial charge in [-0.3, -0.25) is 0 Å². The first-order valence-electron chi connectivity index (χ1n) is 6.40. The lowest BCUT2D eigenvalue weighted by molar-refractivity contribution is 0.437. The summed E-state index contributed by atoms with van der Waals surface area (Å²) in [6.07, 6.45) is 1.07. The topological polar surface area (TPSA) is 25.2 Å². The predicted octanol–water partition coefficient (Wildman–Crippen LogP) is 4.91. The van der Waals surface area contributed by atoms with Crippen LogP contribution in [-0.4, -0.2) is 6.54 Å². The van der Waals surface area contributed by atoms with Gasteiger partial charge < -0.3 is 9.73 Å². The van der Waals surface area contributed by atoms with Crippen LogP contribution in [0.25, 0.3) is 11.3 Å². The second-order valence-electron chi connectivity index (χ2n) is 4.50. The predicted molar refractivity (Wildman–Crippen MR) is 78.5 cm³/mol. The number of benzene rings is 1. The highest BCUT2D eigenvalue weighted by Gasteiger charge is 2.13. The second-order valence-corrected chi connectivity index (χ2v) is 5.42. The molecule has 0 radical (unpaired) electrons. The van der Waals surface area contributed by atoms with Crippen molar-refractivity contribution >= 4 is 15.9 Å². The van der Waals surface area contributed by atoms with Gasteiger partial charge in [0, 0.05) is 4.47 Å². The number of hydrogen-bond acceptors (Lipinski definition) is 2. The second kappa shape index (κ2) is 6.35. The van der Waals surface area contributed by atoms with Gasteiger partial charge in [-0.1, -0.05) is 22.9 Å². The van der Waals surface area contributed by atoms with Gasteiger partial charge >= 0.3 is 0 Å². The Morgan fingerprint density at radius 2 is 2.11 bits per heavy atom. The lowest BCUT2D eigenvalue weighted by Crippen LogP contribution is -2.18. The van der Waals surface area contributed by atoms with Crippen LogP contribution in [-0.2, 0) is 0 Å². The van der Waals surface area contributed by atoms with E-state index < -0.39 is 0 Å². The van der Waals surface area contributed by atoms with E-state index in [-0.39, 0.29) is 11.9 Å². The molecule has 0 spiro atoms. The third-order valence-electron chi connectivity index (χ3n) is 2.95. The first-order chi connectivity index (χ1) is 9.11. The molecular weight excluding hydrogens is 309 g/mol. The Morgan fingerprint density at radius 1 is 1.32 bits per heavy atom. The molecule has 2 aromatic rings. The van der Waals surface area contributed by atoms with E-state index in [1.807, 2.05) is 19.1 Å². The van der Waals surface area contributed by atoms with Gasteiger partial charge in [0.2, 0.25) is 0 Å². The molecule has 1 atom stereocenters. The van der Waals surface area contributed by atoms with Crippen LogP contribution in [0.2, 0.25) is 0 Å². The third-order valence-corrected chi connectivity index (χ3v) is 3.44. The average molecular weight is 326 g/mol. The molecule has 1 aromatic carbocycles. The van der Waals surface area contributed by atoms with Crippen molar-refractivity contribution in [3.05, 3.63) is 46.4 Å². The zero-order valence-corrected chi connectivity index (χ0v) is 12.6. The van der Waals surface area contributed by atoms with E-state index in [4.69, 9.17) is 4.42 Å². The van der Waals surface area contributed by atoms with Gasteiger partial charge in [0.15, 0.2) is 0 Å². The summed E-state index contributed by atoms with van der Waals surface area (Å²) in [7, 11) is 0. The Bertz CT molecular complexity index is 553. The van der Waals surface area contributed by atoms with E-state index in [1.165, 1.54) is 6.07 Å². The van der Waals surface area contributed by atoms with E-state index in [1.54, 1.807) is 12.1 Å². The summed E-state index contributed by atoms with van der Waals surface area (Å²) in [4.78, 5) is 0. The van der Waals surface area contributed by atoms with Crippen molar-refractivity contribution in [1.82, 2.24) is 5.32 Å². The van der Waals surface area contributed by atoms with Gasteiger partial charge in [-0.05, 0) is 50.2 Å². The Hall–Kier alpha value is -1.13. The Kier molecular flexibility index (Phi) is 4.77. The Morgan fingerprint density at radius 3 is 2.84 bits per heavy atom. The monoisotopic (exact) mass is 325 g/mol. The number of halogens is 2. The molecule has 2 rings (SSSR count). The normalized spacial score (nSPS) is 12.6. The first kappa shape index (κ1) is 14.3. The van der Waals surface area contributed by atoms with Crippen LogP contribution in [0.1, 0.15) is 32.1 Å². The summed E-state index contributed by atoms with van der Waals surface area (Å²) in [5.74, 6) is 1.10. The lowest BCUT2D eigenvalue weighted by Gasteiger charge is -2.10. The van der Waals surface area contributed by atoms with Crippen molar-refractivity contribution in [2.75, 3.05) is 6.54 Å². The highest BCUT2D eigenvalue weighted by atomic mass is 79.9. The highest BCUT2D eigenvalue weighted by Crippen LogP contribution is 2.29. The number of nitrogens with one attached hydrogen (secondary N) is 1. The molecule has 0 fully saturated rings. The molecule has 4 heteroatoms. The van der Waals surface area contributed by atoms with Crippen LogP contribution in [0.4, 0.5) is 4.39 Å². The minimum absolute atomic E-state index is 0.129. The Labute approximate surface area is 121 Å². The summed E-state index contributed by atoms with van der Waals surface area (Å²) < 4.78 is 20.3. The first-order valence-corrected chi connectivity index (χ1v) is 7.19. The third kappa shape index (κ3) is 3.45. The largest absolute Gasteiger partial charge is 0.459 e. The minimum atomic E-state index is -0.279. The maximum Gasteiger partial charge on any atom is 0.137 e. The van der Waals surface area contributed by atoms with Crippen LogP contribution in [0.5, 0.6) is 0 Å². The molecule has 0 bridgehead atoms. The van der Waals surface area contributed by atoms with Crippen molar-refractivity contribution in [2.24, 2.45) is 0 Å². The van der Waals surface area contributed by atoms with E-state index in [0.29, 0.717) is 11.3 Å². The zero-order valence-electron chi connectivity index (χ0n) is 11.0. The quantitative estimate of drug-likeness (QED) is 0.845. The van der Waals surface area contributed by atoms with Crippen molar-refractivity contribution in [3.8, 4) is 11.3 Å². The van der Waals surface area contributed by atoms with Crippen molar-refractivity contribution in [3.63, 3.8) is 0 Å². The standard InChI is InChI=1S/C15H17BrFNO/c1-3-8-18-10(2)14-6-7-15(19-14)12-9-11(16)4-5-13(12)17/h4-7,9-10,18H,3,8H2,1-2H3. The summed E-state index contributed by atoms with van der Waals surface area (Å²) in [5.41, 5.74) is 0.475. The molecule has 0 saturated heterocycles. The van der Waals surface area contributed by atoms with E-state index in [9.17, 15) is 4.39 Å². The van der Waals surface area contributed by atoms with Crippen LogP contribution in [0, 0.1) is 5.82 Å². The SMILES string of the molecule is CCCNC(C)c1ccc(-c2cc(Br)ccc2F)o1. The number of rotatable bonds is 5. The molecule has 0 aliphatic rings. The Balaban J connectivity index is 2.23. The van der Waals surface area contributed by atoms with Gasteiger partial charge in [-0.25, -0.2) is 4.39 Å². The van der Waals surface area contributed by atoms with Gasteiger partial charge in [0.05, 0.1) is 11.6 Å². The molecule has 1 N–H and O–H groups in total. The molecule has 19 heavy (non-hydrogen) atoms. The highest BCUT2D eigenvalue weighted by molar-refractivity contribution is 9.10. The fraction of sp³-hybridized carbons (Fsp3) is 0.333. The number of hydrogen-bond donors (Lipinski definition) is 1. The van der Waals surface area contributed by atoms with Crippen molar-refractivity contribution in [2.45, 2.75) is 26.3 Å². The smallest absolute Gasteiger partial charge is 0.137 e. The van der Waals surface area contributed by atoms with Crippen LogP contribution in [0.15, 0.2) is 39.2 Å². The molecule has 102 valence electrons. The molecule has 1 aromatic heterocycles. The van der Waals surface area contributed by atoms with E-state index >= 15 is 0 Å². The van der Waals surface area contributed by atoms with Crippen molar-refractivity contribution in [1.29, 1.82) is 0 Å². The maximum atomic E-state index is 13.8. The summed E-state index contributed by atoms with van der Waals surface area (Å²) >= 11 is 3.34. The number of furan rings is 1. The average Bonchev–Trinajstić information content (AvgIpc) is 2.88. The fourth-order valence-electron chi connectivity index (χ4n) is 1.88. The summed E-state index contributed by atoms with van der Waals surface area (Å²) in [5, 5.41) is 3.34. The molecule has 0 amide bonds. The fourth-order valence-corrected chi connectivity index (χ4v) is 2.24. The lowest BCUT2D eigenvalue weighted by atomic mass is 10.1.